The van der Waals surface area contributed by atoms with Crippen molar-refractivity contribution in [3.05, 3.63) is 71.0 Å². The fraction of sp³-hybridized carbons (Fsp3) is 0.227. The van der Waals surface area contributed by atoms with Crippen molar-refractivity contribution in [1.29, 1.82) is 0 Å². The van der Waals surface area contributed by atoms with Crippen LogP contribution in [0.5, 0.6) is 11.5 Å². The second kappa shape index (κ2) is 6.71. The molecule has 3 rings (SSSR count). The van der Waals surface area contributed by atoms with Gasteiger partial charge in [-0.2, -0.15) is 0 Å². The zero-order valence-corrected chi connectivity index (χ0v) is 15.5. The van der Waals surface area contributed by atoms with Crippen molar-refractivity contribution in [3.8, 4) is 33.9 Å². The number of nitrogens with zero attached hydrogens (tertiary/aromatic N) is 1. The lowest BCUT2D eigenvalue weighted by Gasteiger charge is -2.27. The van der Waals surface area contributed by atoms with Crippen LogP contribution in [-0.4, -0.2) is 16.8 Å². The predicted molar refractivity (Wildman–Crippen MR) is 105 cm³/mol. The van der Waals surface area contributed by atoms with Gasteiger partial charge in [-0.05, 0) is 56.2 Å². The van der Waals surface area contributed by atoms with E-state index in [-0.39, 0.29) is 11.3 Å². The highest BCUT2D eigenvalue weighted by Gasteiger charge is 2.24. The van der Waals surface area contributed by atoms with Crippen molar-refractivity contribution in [2.75, 3.05) is 7.11 Å². The summed E-state index contributed by atoms with van der Waals surface area (Å²) >= 11 is 0. The van der Waals surface area contributed by atoms with E-state index in [1.54, 1.807) is 17.7 Å². The van der Waals surface area contributed by atoms with E-state index in [4.69, 9.17) is 4.74 Å². The summed E-state index contributed by atoms with van der Waals surface area (Å²) in [5, 5.41) is 10.6. The number of ether oxygens (including phenoxy) is 1. The van der Waals surface area contributed by atoms with Gasteiger partial charge in [-0.15, -0.1) is 0 Å². The van der Waals surface area contributed by atoms with Crippen molar-refractivity contribution in [2.24, 2.45) is 0 Å². The minimum absolute atomic E-state index is 0.0208. The lowest BCUT2D eigenvalue weighted by atomic mass is 9.99. The summed E-state index contributed by atoms with van der Waals surface area (Å²) in [6.07, 6.45) is 0. The van der Waals surface area contributed by atoms with Crippen LogP contribution in [0, 0.1) is 0 Å². The SMILES string of the molecule is COc1ccc(-c2cc(O)c(-c3ccccc3)c(=O)n2C(C)(C)C)cc1. The van der Waals surface area contributed by atoms with Crippen LogP contribution < -0.4 is 10.3 Å². The van der Waals surface area contributed by atoms with Gasteiger partial charge in [-0.25, -0.2) is 0 Å². The van der Waals surface area contributed by atoms with Crippen LogP contribution in [-0.2, 0) is 5.54 Å². The minimum atomic E-state index is -0.455. The second-order valence-corrected chi connectivity index (χ2v) is 7.20. The molecule has 134 valence electrons. The maximum atomic E-state index is 13.3. The maximum absolute atomic E-state index is 13.3. The molecular weight excluding hydrogens is 326 g/mol. The highest BCUT2D eigenvalue weighted by Crippen LogP contribution is 2.33. The lowest BCUT2D eigenvalue weighted by molar-refractivity contribution is 0.385. The molecule has 0 amide bonds. The number of aromatic hydroxyl groups is 1. The third-order valence-corrected chi connectivity index (χ3v) is 4.31. The summed E-state index contributed by atoms with van der Waals surface area (Å²) in [6.45, 7) is 5.94. The van der Waals surface area contributed by atoms with Gasteiger partial charge in [0, 0.05) is 11.6 Å². The quantitative estimate of drug-likeness (QED) is 0.749. The van der Waals surface area contributed by atoms with Crippen molar-refractivity contribution in [3.63, 3.8) is 0 Å². The van der Waals surface area contributed by atoms with E-state index in [2.05, 4.69) is 0 Å². The fourth-order valence-corrected chi connectivity index (χ4v) is 3.11. The average Bonchev–Trinajstić information content (AvgIpc) is 2.61. The van der Waals surface area contributed by atoms with Crippen LogP contribution in [0.3, 0.4) is 0 Å². The lowest BCUT2D eigenvalue weighted by Crippen LogP contribution is -2.35. The van der Waals surface area contributed by atoms with E-state index in [0.29, 0.717) is 16.8 Å². The van der Waals surface area contributed by atoms with E-state index in [1.165, 1.54) is 0 Å². The molecule has 0 radical (unpaired) electrons. The number of methoxy groups -OCH3 is 1. The molecule has 0 spiro atoms. The van der Waals surface area contributed by atoms with Crippen LogP contribution in [0.1, 0.15) is 20.8 Å². The Labute approximate surface area is 153 Å². The molecule has 26 heavy (non-hydrogen) atoms. The molecule has 0 aliphatic rings. The second-order valence-electron chi connectivity index (χ2n) is 7.20. The first-order valence-electron chi connectivity index (χ1n) is 8.52. The Morgan fingerprint density at radius 3 is 2.08 bits per heavy atom. The monoisotopic (exact) mass is 349 g/mol. The number of benzene rings is 2. The van der Waals surface area contributed by atoms with Crippen LogP contribution in [0.2, 0.25) is 0 Å². The Balaban J connectivity index is 2.31. The van der Waals surface area contributed by atoms with Crippen LogP contribution in [0.25, 0.3) is 22.4 Å². The highest BCUT2D eigenvalue weighted by molar-refractivity contribution is 5.74. The minimum Gasteiger partial charge on any atom is -0.507 e. The summed E-state index contributed by atoms with van der Waals surface area (Å²) in [5.41, 5.74) is 1.86. The Bertz CT molecular complexity index is 965. The molecule has 0 aliphatic carbocycles. The third-order valence-electron chi connectivity index (χ3n) is 4.31. The third kappa shape index (κ3) is 3.23. The molecule has 4 nitrogen and oxygen atoms in total. The normalized spacial score (nSPS) is 11.4. The van der Waals surface area contributed by atoms with Crippen molar-refractivity contribution >= 4 is 0 Å². The van der Waals surface area contributed by atoms with Gasteiger partial charge in [0.1, 0.15) is 11.5 Å². The standard InChI is InChI=1S/C22H23NO3/c1-22(2,3)23-18(15-10-12-17(26-4)13-11-15)14-19(24)20(21(23)25)16-8-6-5-7-9-16/h5-14,24H,1-4H3. The van der Waals surface area contributed by atoms with Crippen LogP contribution in [0.4, 0.5) is 0 Å². The number of hydrogen-bond donors (Lipinski definition) is 1. The summed E-state index contributed by atoms with van der Waals surface area (Å²) in [6, 6.07) is 18.4. The van der Waals surface area contributed by atoms with Gasteiger partial charge in [0.05, 0.1) is 18.4 Å². The summed E-state index contributed by atoms with van der Waals surface area (Å²) in [4.78, 5) is 13.3. The molecule has 4 heteroatoms. The van der Waals surface area contributed by atoms with Crippen molar-refractivity contribution in [1.82, 2.24) is 4.57 Å². The topological polar surface area (TPSA) is 51.5 Å². The molecule has 2 aromatic carbocycles. The average molecular weight is 349 g/mol. The van der Waals surface area contributed by atoms with Crippen LogP contribution in [0.15, 0.2) is 65.5 Å². The number of rotatable bonds is 3. The molecule has 1 N–H and O–H groups in total. The van der Waals surface area contributed by atoms with Gasteiger partial charge >= 0.3 is 0 Å². The first-order valence-corrected chi connectivity index (χ1v) is 8.52. The molecular formula is C22H23NO3. The predicted octanol–water partition coefficient (Wildman–Crippen LogP) is 4.65. The summed E-state index contributed by atoms with van der Waals surface area (Å²) < 4.78 is 6.94. The summed E-state index contributed by atoms with van der Waals surface area (Å²) in [5.74, 6) is 0.719. The highest BCUT2D eigenvalue weighted by atomic mass is 16.5. The van der Waals surface area contributed by atoms with E-state index < -0.39 is 5.54 Å². The largest absolute Gasteiger partial charge is 0.507 e. The first-order chi connectivity index (χ1) is 12.3. The van der Waals surface area contributed by atoms with Gasteiger partial charge in [0.2, 0.25) is 0 Å². The Morgan fingerprint density at radius 1 is 0.923 bits per heavy atom. The molecule has 1 aromatic heterocycles. The maximum Gasteiger partial charge on any atom is 0.263 e. The van der Waals surface area contributed by atoms with E-state index >= 15 is 0 Å². The fourth-order valence-electron chi connectivity index (χ4n) is 3.11. The zero-order chi connectivity index (χ0) is 18.9. The summed E-state index contributed by atoms with van der Waals surface area (Å²) in [7, 11) is 1.61. The molecule has 0 unspecified atom stereocenters. The molecule has 0 bridgehead atoms. The number of aromatic nitrogens is 1. The van der Waals surface area contributed by atoms with Gasteiger partial charge in [-0.1, -0.05) is 30.3 Å². The molecule has 0 saturated heterocycles. The van der Waals surface area contributed by atoms with Crippen molar-refractivity contribution < 1.29 is 9.84 Å². The zero-order valence-electron chi connectivity index (χ0n) is 15.5. The van der Waals surface area contributed by atoms with Crippen molar-refractivity contribution in [2.45, 2.75) is 26.3 Å². The molecule has 0 saturated carbocycles. The van der Waals surface area contributed by atoms with E-state index in [0.717, 1.165) is 11.3 Å². The molecule has 0 aliphatic heterocycles. The van der Waals surface area contributed by atoms with E-state index in [1.807, 2.05) is 75.4 Å². The Hall–Kier alpha value is -3.01. The smallest absolute Gasteiger partial charge is 0.263 e. The molecule has 1 heterocycles. The van der Waals surface area contributed by atoms with Gasteiger partial charge in [0.15, 0.2) is 0 Å². The molecule has 0 atom stereocenters. The van der Waals surface area contributed by atoms with E-state index in [9.17, 15) is 9.90 Å². The van der Waals surface area contributed by atoms with Gasteiger partial charge in [-0.3, -0.25) is 4.79 Å². The number of pyridine rings is 1. The number of hydrogen-bond acceptors (Lipinski definition) is 3. The van der Waals surface area contributed by atoms with Crippen LogP contribution >= 0.6 is 0 Å². The first kappa shape index (κ1) is 17.8. The Morgan fingerprint density at radius 2 is 1.54 bits per heavy atom. The Kier molecular flexibility index (Phi) is 4.60. The van der Waals surface area contributed by atoms with Gasteiger partial charge in [0.25, 0.3) is 5.56 Å². The molecule has 3 aromatic rings. The molecule has 0 fully saturated rings. The van der Waals surface area contributed by atoms with Gasteiger partial charge < -0.3 is 14.4 Å².